The second-order valence-electron chi connectivity index (χ2n) is 7.17. The highest BCUT2D eigenvalue weighted by Gasteiger charge is 2.18. The number of amides is 1. The van der Waals surface area contributed by atoms with E-state index in [-0.39, 0.29) is 25.2 Å². The molecule has 2 N–H and O–H groups in total. The molecule has 0 spiro atoms. The highest BCUT2D eigenvalue weighted by molar-refractivity contribution is 5.99. The summed E-state index contributed by atoms with van der Waals surface area (Å²) in [5, 5.41) is 13.5. The zero-order valence-electron chi connectivity index (χ0n) is 16.1. The highest BCUT2D eigenvalue weighted by Crippen LogP contribution is 2.35. The van der Waals surface area contributed by atoms with Gasteiger partial charge in [0.1, 0.15) is 11.5 Å². The van der Waals surface area contributed by atoms with E-state index in [1.807, 2.05) is 57.2 Å². The van der Waals surface area contributed by atoms with E-state index >= 15 is 0 Å². The first-order valence-electron chi connectivity index (χ1n) is 9.23. The van der Waals surface area contributed by atoms with Crippen LogP contribution in [0.5, 0.6) is 11.5 Å². The van der Waals surface area contributed by atoms with E-state index in [0.29, 0.717) is 17.2 Å². The lowest BCUT2D eigenvalue weighted by Gasteiger charge is -2.19. The van der Waals surface area contributed by atoms with E-state index in [2.05, 4.69) is 5.32 Å². The number of nitrogens with zero attached hydrogens (tertiary/aromatic N) is 1. The third kappa shape index (κ3) is 3.39. The van der Waals surface area contributed by atoms with Crippen LogP contribution in [0.2, 0.25) is 0 Å². The van der Waals surface area contributed by atoms with Crippen molar-refractivity contribution in [2.75, 3.05) is 11.9 Å². The summed E-state index contributed by atoms with van der Waals surface area (Å²) in [4.78, 5) is 16.3. The number of carbonyl (C=O) groups excluding carboxylic acids is 1. The third-order valence-corrected chi connectivity index (χ3v) is 4.64. The van der Waals surface area contributed by atoms with Crippen molar-refractivity contribution < 1.29 is 19.4 Å². The Balaban J connectivity index is 1.79. The summed E-state index contributed by atoms with van der Waals surface area (Å²) in [5.74, 6) is 1.14. The van der Waals surface area contributed by atoms with E-state index in [1.165, 1.54) is 0 Å². The van der Waals surface area contributed by atoms with Gasteiger partial charge in [-0.2, -0.15) is 0 Å². The fourth-order valence-electron chi connectivity index (χ4n) is 3.35. The van der Waals surface area contributed by atoms with Crippen LogP contribution >= 0.6 is 0 Å². The Hall–Kier alpha value is -3.12. The van der Waals surface area contributed by atoms with Gasteiger partial charge in [-0.05, 0) is 56.7 Å². The quantitative estimate of drug-likeness (QED) is 0.721. The maximum Gasteiger partial charge on any atom is 0.262 e. The van der Waals surface area contributed by atoms with Crippen LogP contribution in [0.4, 0.5) is 5.69 Å². The van der Waals surface area contributed by atoms with Crippen LogP contribution < -0.4 is 14.8 Å². The summed E-state index contributed by atoms with van der Waals surface area (Å²) in [6.07, 6.45) is 0.0313. The number of aromatic nitrogens is 1. The summed E-state index contributed by atoms with van der Waals surface area (Å²) in [5.41, 5.74) is 4.92. The van der Waals surface area contributed by atoms with Gasteiger partial charge in [-0.15, -0.1) is 0 Å². The summed E-state index contributed by atoms with van der Waals surface area (Å²) in [6.45, 7) is 5.81. The topological polar surface area (TPSA) is 80.7 Å². The zero-order valence-corrected chi connectivity index (χ0v) is 16.1. The molecule has 0 saturated carbocycles. The first-order chi connectivity index (χ1) is 13.4. The molecule has 2 aromatic carbocycles. The Morgan fingerprint density at radius 2 is 2.07 bits per heavy atom. The predicted octanol–water partition coefficient (Wildman–Crippen LogP) is 3.82. The monoisotopic (exact) mass is 378 g/mol. The molecule has 0 atom stereocenters. The minimum Gasteiger partial charge on any atom is -0.491 e. The van der Waals surface area contributed by atoms with Crippen LogP contribution in [0.25, 0.3) is 22.2 Å². The minimum absolute atomic E-state index is 0.00829. The van der Waals surface area contributed by atoms with E-state index in [1.54, 1.807) is 0 Å². The molecule has 2 heterocycles. The molecule has 1 amide bonds. The van der Waals surface area contributed by atoms with Crippen molar-refractivity contribution in [2.45, 2.75) is 33.5 Å². The average Bonchev–Trinajstić information content (AvgIpc) is 2.66. The molecule has 6 heteroatoms. The number of ether oxygens (including phenoxy) is 2. The molecular weight excluding hydrogens is 356 g/mol. The summed E-state index contributed by atoms with van der Waals surface area (Å²) < 4.78 is 11.3. The number of aliphatic hydroxyl groups is 1. The van der Waals surface area contributed by atoms with Crippen LogP contribution in [0, 0.1) is 6.92 Å². The average molecular weight is 378 g/mol. The Morgan fingerprint density at radius 1 is 1.25 bits per heavy atom. The molecule has 0 bridgehead atoms. The number of hydrogen-bond acceptors (Lipinski definition) is 5. The molecule has 0 radical (unpaired) electrons. The van der Waals surface area contributed by atoms with Gasteiger partial charge in [-0.1, -0.05) is 0 Å². The van der Waals surface area contributed by atoms with Crippen molar-refractivity contribution in [3.8, 4) is 22.8 Å². The second-order valence-corrected chi connectivity index (χ2v) is 7.17. The lowest BCUT2D eigenvalue weighted by atomic mass is 10.0. The van der Waals surface area contributed by atoms with E-state index in [0.717, 1.165) is 33.3 Å². The number of rotatable bonds is 4. The van der Waals surface area contributed by atoms with Gasteiger partial charge in [0, 0.05) is 22.6 Å². The van der Waals surface area contributed by atoms with Gasteiger partial charge >= 0.3 is 0 Å². The summed E-state index contributed by atoms with van der Waals surface area (Å²) >= 11 is 0. The number of benzene rings is 2. The number of pyridine rings is 1. The number of carbonyl (C=O) groups is 1. The number of aryl methyl sites for hydroxylation is 1. The molecule has 1 aromatic heterocycles. The minimum atomic E-state index is -0.158. The second kappa shape index (κ2) is 7.13. The van der Waals surface area contributed by atoms with E-state index in [9.17, 15) is 9.90 Å². The van der Waals surface area contributed by atoms with Crippen molar-refractivity contribution in [1.29, 1.82) is 0 Å². The number of anilines is 1. The molecule has 4 rings (SSSR count). The molecule has 0 aliphatic carbocycles. The smallest absolute Gasteiger partial charge is 0.262 e. The van der Waals surface area contributed by atoms with Crippen molar-refractivity contribution in [3.63, 3.8) is 0 Å². The van der Waals surface area contributed by atoms with Gasteiger partial charge in [-0.3, -0.25) is 4.79 Å². The molecule has 6 nitrogen and oxygen atoms in total. The van der Waals surface area contributed by atoms with Crippen molar-refractivity contribution in [3.05, 3.63) is 47.5 Å². The Labute approximate surface area is 163 Å². The van der Waals surface area contributed by atoms with Crippen LogP contribution in [0.1, 0.15) is 25.0 Å². The Bertz CT molecular complexity index is 1080. The number of aliphatic hydroxyl groups excluding tert-OH is 1. The van der Waals surface area contributed by atoms with Gasteiger partial charge in [-0.25, -0.2) is 4.98 Å². The summed E-state index contributed by atoms with van der Waals surface area (Å²) in [7, 11) is 0. The molecule has 1 aliphatic heterocycles. The van der Waals surface area contributed by atoms with Gasteiger partial charge < -0.3 is 19.9 Å². The molecular formula is C22H22N2O4. The van der Waals surface area contributed by atoms with Crippen molar-refractivity contribution >= 4 is 22.5 Å². The lowest BCUT2D eigenvalue weighted by Crippen LogP contribution is -2.25. The Kier molecular flexibility index (Phi) is 4.65. The zero-order chi connectivity index (χ0) is 19.8. The fourth-order valence-corrected chi connectivity index (χ4v) is 3.35. The Morgan fingerprint density at radius 3 is 2.82 bits per heavy atom. The highest BCUT2D eigenvalue weighted by atomic mass is 16.5. The maximum atomic E-state index is 11.6. The molecule has 28 heavy (non-hydrogen) atoms. The number of nitrogens with one attached hydrogen (secondary N) is 1. The molecule has 1 aliphatic rings. The van der Waals surface area contributed by atoms with E-state index < -0.39 is 0 Å². The molecule has 3 aromatic rings. The molecule has 144 valence electrons. The van der Waals surface area contributed by atoms with Gasteiger partial charge in [0.05, 0.1) is 29.6 Å². The molecule has 0 unspecified atom stereocenters. The fraction of sp³-hybridized carbons (Fsp3) is 0.273. The summed E-state index contributed by atoms with van der Waals surface area (Å²) in [6, 6.07) is 11.5. The largest absolute Gasteiger partial charge is 0.491 e. The molecule has 0 saturated heterocycles. The maximum absolute atomic E-state index is 11.6. The van der Waals surface area contributed by atoms with Crippen LogP contribution in [0.3, 0.4) is 0 Å². The normalized spacial score (nSPS) is 13.2. The standard InChI is InChI=1S/C22H22N2O4/c1-12(2)28-20-5-4-14(7-15(20)10-25)17-6-13(3)16-8-19-21(9-18(16)23-17)27-11-22(26)24-19/h4-9,12,25H,10-11H2,1-3H3,(H,24,26). The van der Waals surface area contributed by atoms with Gasteiger partial charge in [0.25, 0.3) is 5.91 Å². The first-order valence-corrected chi connectivity index (χ1v) is 9.23. The van der Waals surface area contributed by atoms with Crippen LogP contribution in [0.15, 0.2) is 36.4 Å². The lowest BCUT2D eigenvalue weighted by molar-refractivity contribution is -0.118. The van der Waals surface area contributed by atoms with Gasteiger partial charge in [0.2, 0.25) is 0 Å². The SMILES string of the molecule is Cc1cc(-c2ccc(OC(C)C)c(CO)c2)nc2cc3c(cc12)NC(=O)CO3. The van der Waals surface area contributed by atoms with Crippen molar-refractivity contribution in [1.82, 2.24) is 4.98 Å². The van der Waals surface area contributed by atoms with E-state index in [4.69, 9.17) is 14.5 Å². The van der Waals surface area contributed by atoms with Gasteiger partial charge in [0.15, 0.2) is 6.61 Å². The predicted molar refractivity (Wildman–Crippen MR) is 108 cm³/mol. The third-order valence-electron chi connectivity index (χ3n) is 4.64. The van der Waals surface area contributed by atoms with Crippen molar-refractivity contribution in [2.24, 2.45) is 0 Å². The number of fused-ring (bicyclic) bond motifs is 2. The van der Waals surface area contributed by atoms with Crippen LogP contribution in [-0.2, 0) is 11.4 Å². The first kappa shape index (κ1) is 18.3. The number of hydrogen-bond donors (Lipinski definition) is 2. The van der Waals surface area contributed by atoms with Crippen LogP contribution in [-0.4, -0.2) is 28.7 Å². The molecule has 0 fully saturated rings.